The quantitative estimate of drug-likeness (QED) is 0.635. The Balaban J connectivity index is 1.40. The van der Waals surface area contributed by atoms with Gasteiger partial charge >= 0.3 is 0 Å². The van der Waals surface area contributed by atoms with Crippen molar-refractivity contribution in [1.29, 1.82) is 0 Å². The van der Waals surface area contributed by atoms with Gasteiger partial charge in [0.1, 0.15) is 18.8 Å². The zero-order chi connectivity index (χ0) is 21.5. The largest absolute Gasteiger partial charge is 0.475 e. The van der Waals surface area contributed by atoms with E-state index in [-0.39, 0.29) is 48.2 Å². The number of hydrogen-bond donors (Lipinski definition) is 1. The molecule has 1 aromatic heterocycles. The van der Waals surface area contributed by atoms with Crippen LogP contribution in [0, 0.1) is 17.6 Å². The molecule has 0 radical (unpaired) electrons. The number of amides is 1. The zero-order valence-electron chi connectivity index (χ0n) is 16.9. The third kappa shape index (κ3) is 6.35. The van der Waals surface area contributed by atoms with Gasteiger partial charge in [0, 0.05) is 13.0 Å². The van der Waals surface area contributed by atoms with Crippen LogP contribution >= 0.6 is 0 Å². The van der Waals surface area contributed by atoms with Crippen molar-refractivity contribution in [1.82, 2.24) is 15.3 Å². The number of benzene rings is 1. The molecule has 0 unspecified atom stereocenters. The van der Waals surface area contributed by atoms with Crippen molar-refractivity contribution < 1.29 is 27.8 Å². The molecule has 0 saturated heterocycles. The monoisotopic (exact) mass is 421 g/mol. The van der Waals surface area contributed by atoms with E-state index in [2.05, 4.69) is 15.3 Å². The number of aromatic nitrogens is 2. The normalized spacial score (nSPS) is 18.9. The molecule has 0 aliphatic heterocycles. The number of rotatable bonds is 10. The Morgan fingerprint density at radius 2 is 1.83 bits per heavy atom. The smallest absolute Gasteiger partial charge is 0.258 e. The van der Waals surface area contributed by atoms with Gasteiger partial charge in [-0.25, -0.2) is 4.39 Å². The maximum Gasteiger partial charge on any atom is 0.258 e. The van der Waals surface area contributed by atoms with Crippen LogP contribution in [0.25, 0.3) is 0 Å². The fraction of sp³-hybridized carbons (Fsp3) is 0.476. The number of carbonyl (C=O) groups excluding carboxylic acids is 1. The van der Waals surface area contributed by atoms with E-state index in [0.717, 1.165) is 12.8 Å². The Labute approximate surface area is 173 Å². The molecule has 1 aromatic carbocycles. The third-order valence-electron chi connectivity index (χ3n) is 4.69. The fourth-order valence-electron chi connectivity index (χ4n) is 3.08. The van der Waals surface area contributed by atoms with Crippen molar-refractivity contribution >= 4 is 5.91 Å². The van der Waals surface area contributed by atoms with Gasteiger partial charge in [-0.1, -0.05) is 12.1 Å². The first kappa shape index (κ1) is 21.9. The standard InChI is InChI=1S/C21H25F2N3O4/c1-13(26-14(2)27)9-28-18-7-16(8-18)11-30-21-19(23)20(24-12-25-21)29-10-15-3-5-17(22)6-4-15/h3-6,12-13,16,18H,7-11H2,1-2H3,(H,26,27)/t13-,16-,18-/m0/s1. The van der Waals surface area contributed by atoms with Gasteiger partial charge in [-0.3, -0.25) is 4.79 Å². The Kier molecular flexibility index (Phi) is 7.51. The molecule has 7 nitrogen and oxygen atoms in total. The van der Waals surface area contributed by atoms with E-state index in [9.17, 15) is 13.6 Å². The molecular weight excluding hydrogens is 396 g/mol. The van der Waals surface area contributed by atoms with Crippen LogP contribution in [0.1, 0.15) is 32.3 Å². The van der Waals surface area contributed by atoms with E-state index in [1.807, 2.05) is 6.92 Å². The molecule has 0 spiro atoms. The molecule has 0 bridgehead atoms. The minimum Gasteiger partial charge on any atom is -0.475 e. The number of carbonyl (C=O) groups is 1. The second-order valence-electron chi connectivity index (χ2n) is 7.42. The molecule has 30 heavy (non-hydrogen) atoms. The lowest BCUT2D eigenvalue weighted by Gasteiger charge is -2.35. The fourth-order valence-corrected chi connectivity index (χ4v) is 3.08. The van der Waals surface area contributed by atoms with Crippen LogP contribution < -0.4 is 14.8 Å². The summed E-state index contributed by atoms with van der Waals surface area (Å²) in [5, 5.41) is 2.77. The summed E-state index contributed by atoms with van der Waals surface area (Å²) in [5.74, 6) is -1.35. The van der Waals surface area contributed by atoms with Gasteiger partial charge in [0.15, 0.2) is 0 Å². The topological polar surface area (TPSA) is 82.6 Å². The lowest BCUT2D eigenvalue weighted by Crippen LogP contribution is -2.40. The SMILES string of the molecule is CC(=O)N[C@@H](C)CO[C@H]1C[C@H](COc2ncnc(OCc3ccc(F)cc3)c2F)C1. The number of nitrogens with zero attached hydrogens (tertiary/aromatic N) is 2. The maximum atomic E-state index is 14.5. The van der Waals surface area contributed by atoms with Crippen molar-refractivity contribution in [3.63, 3.8) is 0 Å². The molecule has 2 aromatic rings. The number of halogens is 2. The zero-order valence-corrected chi connectivity index (χ0v) is 16.9. The van der Waals surface area contributed by atoms with Crippen molar-refractivity contribution in [2.45, 2.75) is 45.4 Å². The van der Waals surface area contributed by atoms with E-state index >= 15 is 0 Å². The molecule has 1 aliphatic rings. The second kappa shape index (κ2) is 10.3. The van der Waals surface area contributed by atoms with Crippen LogP contribution in [0.5, 0.6) is 11.8 Å². The molecular formula is C21H25F2N3O4. The molecule has 1 aliphatic carbocycles. The molecule has 1 atom stereocenters. The highest BCUT2D eigenvalue weighted by Gasteiger charge is 2.31. The molecule has 162 valence electrons. The molecule has 1 N–H and O–H groups in total. The second-order valence-corrected chi connectivity index (χ2v) is 7.42. The summed E-state index contributed by atoms with van der Waals surface area (Å²) >= 11 is 0. The predicted molar refractivity (Wildman–Crippen MR) is 104 cm³/mol. The van der Waals surface area contributed by atoms with E-state index in [4.69, 9.17) is 14.2 Å². The van der Waals surface area contributed by atoms with Crippen molar-refractivity contribution in [3.05, 3.63) is 47.8 Å². The van der Waals surface area contributed by atoms with Gasteiger partial charge in [-0.15, -0.1) is 0 Å². The average molecular weight is 421 g/mol. The van der Waals surface area contributed by atoms with Crippen LogP contribution in [0.3, 0.4) is 0 Å². The van der Waals surface area contributed by atoms with Crippen LogP contribution in [0.2, 0.25) is 0 Å². The van der Waals surface area contributed by atoms with Crippen LogP contribution in [-0.4, -0.2) is 41.2 Å². The minimum atomic E-state index is -0.768. The Hall–Kier alpha value is -2.81. The summed E-state index contributed by atoms with van der Waals surface area (Å²) in [4.78, 5) is 18.6. The Morgan fingerprint density at radius 3 is 2.50 bits per heavy atom. The van der Waals surface area contributed by atoms with Crippen LogP contribution in [0.15, 0.2) is 30.6 Å². The van der Waals surface area contributed by atoms with Crippen LogP contribution in [-0.2, 0) is 16.1 Å². The molecule has 1 fully saturated rings. The lowest BCUT2D eigenvalue weighted by atomic mass is 9.83. The molecule has 1 amide bonds. The summed E-state index contributed by atoms with van der Waals surface area (Å²) in [5.41, 5.74) is 0.685. The molecule has 9 heteroatoms. The van der Waals surface area contributed by atoms with Crippen LogP contribution in [0.4, 0.5) is 8.78 Å². The highest BCUT2D eigenvalue weighted by molar-refractivity contribution is 5.73. The van der Waals surface area contributed by atoms with E-state index in [1.54, 1.807) is 12.1 Å². The number of hydrogen-bond acceptors (Lipinski definition) is 6. The first-order chi connectivity index (χ1) is 14.4. The highest BCUT2D eigenvalue weighted by atomic mass is 19.1. The average Bonchev–Trinajstić information content (AvgIpc) is 2.67. The Bertz CT molecular complexity index is 845. The summed E-state index contributed by atoms with van der Waals surface area (Å²) in [6.45, 7) is 4.17. The van der Waals surface area contributed by atoms with E-state index < -0.39 is 5.82 Å². The maximum absolute atomic E-state index is 14.5. The third-order valence-corrected chi connectivity index (χ3v) is 4.69. The number of nitrogens with one attached hydrogen (secondary N) is 1. The van der Waals surface area contributed by atoms with Gasteiger partial charge in [-0.05, 0) is 43.4 Å². The van der Waals surface area contributed by atoms with Crippen molar-refractivity contribution in [2.24, 2.45) is 5.92 Å². The van der Waals surface area contributed by atoms with Gasteiger partial charge in [0.2, 0.25) is 11.7 Å². The molecule has 1 saturated carbocycles. The Morgan fingerprint density at radius 1 is 1.17 bits per heavy atom. The number of ether oxygens (including phenoxy) is 3. The predicted octanol–water partition coefficient (Wildman–Crippen LogP) is 3.03. The minimum absolute atomic E-state index is 0.0405. The van der Waals surface area contributed by atoms with Crippen molar-refractivity contribution in [3.8, 4) is 11.8 Å². The first-order valence-corrected chi connectivity index (χ1v) is 9.80. The summed E-state index contributed by atoms with van der Waals surface area (Å²) in [6, 6.07) is 5.68. The summed E-state index contributed by atoms with van der Waals surface area (Å²) in [7, 11) is 0. The van der Waals surface area contributed by atoms with Gasteiger partial charge < -0.3 is 19.5 Å². The van der Waals surface area contributed by atoms with E-state index in [0.29, 0.717) is 18.8 Å². The summed E-state index contributed by atoms with van der Waals surface area (Å²) < 4.78 is 44.1. The van der Waals surface area contributed by atoms with E-state index in [1.165, 1.54) is 25.4 Å². The summed E-state index contributed by atoms with van der Waals surface area (Å²) in [6.07, 6.45) is 2.88. The van der Waals surface area contributed by atoms with Gasteiger partial charge in [0.05, 0.1) is 19.3 Å². The van der Waals surface area contributed by atoms with Gasteiger partial charge in [-0.2, -0.15) is 14.4 Å². The first-order valence-electron chi connectivity index (χ1n) is 9.80. The van der Waals surface area contributed by atoms with Gasteiger partial charge in [0.25, 0.3) is 11.8 Å². The lowest BCUT2D eigenvalue weighted by molar-refractivity contribution is -0.120. The molecule has 1 heterocycles. The highest BCUT2D eigenvalue weighted by Crippen LogP contribution is 2.31. The van der Waals surface area contributed by atoms with Crippen molar-refractivity contribution in [2.75, 3.05) is 13.2 Å². The molecule has 3 rings (SSSR count).